The molecule has 3 aromatic carbocycles. The zero-order chi connectivity index (χ0) is 85.2. The van der Waals surface area contributed by atoms with E-state index in [1.807, 2.05) is 4.61 Å². The zero-order valence-electron chi connectivity index (χ0n) is 81.0. The Labute approximate surface area is 695 Å². The summed E-state index contributed by atoms with van der Waals surface area (Å²) in [6.07, 6.45) is 21.2. The first-order valence-corrected chi connectivity index (χ1v) is 48.7. The van der Waals surface area contributed by atoms with Crippen LogP contribution in [0.1, 0.15) is 424 Å². The Balaban J connectivity index is 0.00000112. The molecule has 0 bridgehead atoms. The number of halogens is 2. The molecule has 0 spiro atoms. The summed E-state index contributed by atoms with van der Waals surface area (Å²) in [5.74, 6) is 0.873. The summed E-state index contributed by atoms with van der Waals surface area (Å²) in [5, 5.41) is 0. The molecular weight excluding hydrogens is 1450 g/mol. The number of ether oxygens (including phenoxy) is 1. The fourth-order valence-electron chi connectivity index (χ4n) is 28.6. The maximum absolute atomic E-state index is 6.44. The number of hydrogen-bond donors (Lipinski definition) is 0. The quantitative estimate of drug-likeness (QED) is 0.0530. The van der Waals surface area contributed by atoms with Crippen molar-refractivity contribution >= 4 is 35.4 Å². The maximum atomic E-state index is 6.44. The van der Waals surface area contributed by atoms with Crippen LogP contribution in [0.4, 0.5) is 11.4 Å². The molecule has 4 rings (SSSR count). The van der Waals surface area contributed by atoms with E-state index < -0.39 is 13.5 Å². The minimum atomic E-state index is -2.03. The van der Waals surface area contributed by atoms with Crippen LogP contribution in [0.25, 0.3) is 0 Å². The molecule has 3 nitrogen and oxygen atoms in total. The molecule has 0 amide bonds. The molecule has 1 heterocycles. The largest absolute Gasteiger partial charge is 0.339 e. The predicted molar refractivity (Wildman–Crippen MR) is 490 cm³/mol. The molecule has 0 atom stereocenters. The second-order valence-electron chi connectivity index (χ2n) is 52.2. The second-order valence-corrected chi connectivity index (χ2v) is 57.9. The third-order valence-corrected chi connectivity index (χ3v) is 25.1. The fraction of sp³-hybridized carbons (Fsp3) is 0.806. The molecule has 6 heteroatoms. The van der Waals surface area contributed by atoms with Crippen LogP contribution in [0.2, 0.25) is 0 Å². The summed E-state index contributed by atoms with van der Waals surface area (Å²) in [6.45, 7) is 117. The summed E-state index contributed by atoms with van der Waals surface area (Å²) >= 11 is -2.03. The molecule has 2 radical (unpaired) electrons. The SMILES string of the molecule is CC(C)Oc1ccc(C(C)(C)CC(C)(C)CC(C)(C)CC(C)(C)CC(C)(C)CC(C)(C)CC(C)(C)CC(C)(C)CC(C)(C)CC(C)(C)CC(C)(C)CC(C)(C)CC(C)(C)CC(C)(C)CC(C)(C)CC(C)(C)CC(C)(C)CC(C)(C)C)cc1[CH]=[Ru]([Cl])[Cl].Cc1cc(C)c(N2[C]N(c3c(C)cc(C)cc3C)CC2)c(C)c1. The van der Waals surface area contributed by atoms with Gasteiger partial charge in [0.15, 0.2) is 0 Å². The van der Waals surface area contributed by atoms with E-state index in [2.05, 4.69) is 371 Å². The number of anilines is 2. The van der Waals surface area contributed by atoms with E-state index in [1.165, 1.54) is 153 Å². The molecule has 0 aromatic heterocycles. The van der Waals surface area contributed by atoms with Gasteiger partial charge < -0.3 is 9.80 Å². The topological polar surface area (TPSA) is 15.7 Å². The third kappa shape index (κ3) is 37.1. The van der Waals surface area contributed by atoms with Gasteiger partial charge in [-0.3, -0.25) is 0 Å². The van der Waals surface area contributed by atoms with Gasteiger partial charge in [-0.1, -0.05) is 236 Å². The Morgan fingerprint density at radius 2 is 0.541 bits per heavy atom. The summed E-state index contributed by atoms with van der Waals surface area (Å²) in [6, 6.07) is 15.7. The average Bonchev–Trinajstić information content (AvgIpc) is 1.78. The van der Waals surface area contributed by atoms with Crippen molar-refractivity contribution in [3.63, 3.8) is 0 Å². The first-order valence-electron chi connectivity index (χ1n) is 43.2. The molecule has 1 aliphatic heterocycles. The molecule has 632 valence electrons. The maximum Gasteiger partial charge on any atom is 0.208 e. The monoisotopic (exact) mass is 1640 g/mol. The van der Waals surface area contributed by atoms with E-state index in [-0.39, 0.29) is 81.9 Å². The molecule has 0 N–H and O–H groups in total. The van der Waals surface area contributed by atoms with Crippen LogP contribution in [-0.4, -0.2) is 23.8 Å². The molecule has 0 saturated carbocycles. The number of nitrogens with zero attached hydrogens (tertiary/aromatic N) is 2. The predicted octanol–water partition coefficient (Wildman–Crippen LogP) is 33.8. The summed E-state index contributed by atoms with van der Waals surface area (Å²) in [7, 11) is 12.9. The van der Waals surface area contributed by atoms with Crippen molar-refractivity contribution in [2.24, 2.45) is 92.1 Å². The molecule has 1 aliphatic rings. The van der Waals surface area contributed by atoms with Crippen molar-refractivity contribution < 1.29 is 18.3 Å². The van der Waals surface area contributed by atoms with Gasteiger partial charge >= 0.3 is 200 Å². The molecular formula is C103H182Cl2N2ORu. The zero-order valence-corrected chi connectivity index (χ0v) is 84.3. The average molecular weight is 1640 g/mol. The first-order chi connectivity index (χ1) is 48.1. The second kappa shape index (κ2) is 36.2. The van der Waals surface area contributed by atoms with Crippen molar-refractivity contribution in [2.45, 2.75) is 432 Å². The van der Waals surface area contributed by atoms with Crippen molar-refractivity contribution in [1.82, 2.24) is 0 Å². The van der Waals surface area contributed by atoms with E-state index in [0.717, 1.165) is 30.8 Å². The van der Waals surface area contributed by atoms with E-state index in [0.29, 0.717) is 21.7 Å². The van der Waals surface area contributed by atoms with Gasteiger partial charge in [0.2, 0.25) is 6.67 Å². The van der Waals surface area contributed by atoms with Gasteiger partial charge in [-0.2, -0.15) is 0 Å². The van der Waals surface area contributed by atoms with Crippen LogP contribution in [0.5, 0.6) is 5.75 Å². The van der Waals surface area contributed by atoms with Crippen molar-refractivity contribution in [3.05, 3.63) is 93.6 Å². The van der Waals surface area contributed by atoms with Crippen molar-refractivity contribution in [2.75, 3.05) is 22.9 Å². The van der Waals surface area contributed by atoms with E-state index in [9.17, 15) is 0 Å². The number of rotatable bonds is 39. The standard InChI is InChI=1S/C82H156O.C21H26N2.2ClH.Ru/c1-61(2)83-64-42-41-63(43-62(64)3)82(39,40)60-81(37,38)59-80(35,36)58-79(33,34)57-78(31,32)56-77(29,30)55-76(27,28)54-75(25,26)53-74(23,24)52-73(21,22)51-72(19,20)50-71(17,18)49-70(15,16)48-69(13,14)47-68(11,12)46-67(9,10)45-66(7,8)44-65(4,5)6;1-14-9-16(3)20(17(4)10-14)22-7-8-23(13-22)21-18(5)11-15(2)12-19(21)6;;;/h3,41-43,61H,44-60H2,1-2,4-40H3;9-12H,7-8H2,1-6H3;2*1H;/q;;;;+2/p-2. The van der Waals surface area contributed by atoms with E-state index in [1.54, 1.807) is 0 Å². The van der Waals surface area contributed by atoms with Crippen LogP contribution in [0.15, 0.2) is 42.5 Å². The van der Waals surface area contributed by atoms with Crippen molar-refractivity contribution in [3.8, 4) is 5.75 Å². The third-order valence-electron chi connectivity index (χ3n) is 23.2. The number of benzene rings is 3. The van der Waals surface area contributed by atoms with Crippen LogP contribution in [-0.2, 0) is 18.9 Å². The molecule has 0 aliphatic carbocycles. The molecule has 109 heavy (non-hydrogen) atoms. The van der Waals surface area contributed by atoms with Gasteiger partial charge in [-0.25, -0.2) is 0 Å². The minimum Gasteiger partial charge on any atom is -0.339 e. The van der Waals surface area contributed by atoms with Crippen LogP contribution >= 0.6 is 19.4 Å². The Morgan fingerprint density at radius 1 is 0.330 bits per heavy atom. The van der Waals surface area contributed by atoms with Gasteiger partial charge in [-0.05, 0) is 223 Å². The Kier molecular flexibility index (Phi) is 33.6. The van der Waals surface area contributed by atoms with Gasteiger partial charge in [0, 0.05) is 24.5 Å². The normalized spacial score (nSPS) is 15.5. The van der Waals surface area contributed by atoms with Crippen molar-refractivity contribution in [1.29, 1.82) is 0 Å². The molecule has 1 fully saturated rings. The van der Waals surface area contributed by atoms with E-state index in [4.69, 9.17) is 24.1 Å². The Bertz CT molecular complexity index is 3330. The Morgan fingerprint density at radius 3 is 0.743 bits per heavy atom. The first kappa shape index (κ1) is 101. The molecule has 1 saturated heterocycles. The minimum absolute atomic E-state index is 0.0276. The summed E-state index contributed by atoms with van der Waals surface area (Å²) in [4.78, 5) is 4.56. The molecule has 3 aromatic rings. The summed E-state index contributed by atoms with van der Waals surface area (Å²) in [5.41, 5.74) is 17.2. The smallest absolute Gasteiger partial charge is 0.208 e. The number of hydrogen-bond acceptors (Lipinski definition) is 3. The Hall–Kier alpha value is -1.87. The van der Waals surface area contributed by atoms with Crippen LogP contribution in [0, 0.1) is 140 Å². The van der Waals surface area contributed by atoms with Gasteiger partial charge in [0.1, 0.15) is 0 Å². The van der Waals surface area contributed by atoms with Gasteiger partial charge in [0.05, 0.1) is 0 Å². The summed E-state index contributed by atoms with van der Waals surface area (Å²) < 4.78 is 8.22. The fourth-order valence-corrected chi connectivity index (χ4v) is 30.4. The van der Waals surface area contributed by atoms with Crippen LogP contribution in [0.3, 0.4) is 0 Å². The van der Waals surface area contributed by atoms with Gasteiger partial charge in [0.25, 0.3) is 0 Å². The number of aryl methyl sites for hydroxylation is 6. The van der Waals surface area contributed by atoms with Crippen LogP contribution < -0.4 is 14.5 Å². The van der Waals surface area contributed by atoms with E-state index >= 15 is 0 Å². The van der Waals surface area contributed by atoms with Gasteiger partial charge in [-0.15, -0.1) is 0 Å². The molecule has 0 unspecified atom stereocenters.